The van der Waals surface area contributed by atoms with Crippen LogP contribution in [-0.2, 0) is 4.79 Å². The molecule has 1 aromatic rings. The number of benzene rings is 1. The molecule has 1 aromatic carbocycles. The number of nitro benzene ring substituents is 1. The zero-order valence-corrected chi connectivity index (χ0v) is 9.98. The molecule has 0 aliphatic rings. The van der Waals surface area contributed by atoms with Crippen molar-refractivity contribution in [3.8, 4) is 0 Å². The maximum Gasteiger partial charge on any atom is 0.274 e. The summed E-state index contributed by atoms with van der Waals surface area (Å²) in [6.07, 6.45) is 0. The van der Waals surface area contributed by atoms with E-state index < -0.39 is 11.0 Å². The van der Waals surface area contributed by atoms with E-state index >= 15 is 0 Å². The van der Waals surface area contributed by atoms with Crippen LogP contribution >= 0.6 is 0 Å². The Balaban J connectivity index is 2.96. The molecule has 6 heteroatoms. The molecule has 92 valence electrons. The van der Waals surface area contributed by atoms with E-state index in [1.165, 1.54) is 6.07 Å². The van der Waals surface area contributed by atoms with Gasteiger partial charge >= 0.3 is 0 Å². The van der Waals surface area contributed by atoms with Gasteiger partial charge in [0, 0.05) is 24.4 Å². The Morgan fingerprint density at radius 3 is 2.65 bits per heavy atom. The number of carbonyl (C=O) groups excluding carboxylic acids is 1. The molecule has 0 saturated heterocycles. The van der Waals surface area contributed by atoms with E-state index in [4.69, 9.17) is 0 Å². The Morgan fingerprint density at radius 2 is 2.12 bits per heavy atom. The standard InChI is InChI=1S/C11H15N3O3/c1-7-9(13-8(2)11(15)12-3)5-4-6-10(7)14(16)17/h4-6,8,13H,1-3H3,(H,12,15). The Hall–Kier alpha value is -2.11. The van der Waals surface area contributed by atoms with Gasteiger partial charge in [-0.05, 0) is 19.9 Å². The first kappa shape index (κ1) is 13.0. The van der Waals surface area contributed by atoms with Gasteiger partial charge in [-0.1, -0.05) is 6.07 Å². The van der Waals surface area contributed by atoms with Gasteiger partial charge < -0.3 is 10.6 Å². The molecule has 0 radical (unpaired) electrons. The number of carbonyl (C=O) groups is 1. The number of anilines is 1. The van der Waals surface area contributed by atoms with E-state index in [9.17, 15) is 14.9 Å². The molecule has 2 N–H and O–H groups in total. The zero-order chi connectivity index (χ0) is 13.0. The summed E-state index contributed by atoms with van der Waals surface area (Å²) in [6, 6.07) is 4.29. The van der Waals surface area contributed by atoms with Crippen molar-refractivity contribution < 1.29 is 9.72 Å². The number of hydrogen-bond acceptors (Lipinski definition) is 4. The van der Waals surface area contributed by atoms with E-state index in [2.05, 4.69) is 10.6 Å². The summed E-state index contributed by atoms with van der Waals surface area (Å²) in [5.74, 6) is -0.170. The van der Waals surface area contributed by atoms with Gasteiger partial charge in [0.05, 0.1) is 4.92 Å². The fraction of sp³-hybridized carbons (Fsp3) is 0.364. The Morgan fingerprint density at radius 1 is 1.47 bits per heavy atom. The van der Waals surface area contributed by atoms with E-state index in [0.29, 0.717) is 11.3 Å². The van der Waals surface area contributed by atoms with Crippen LogP contribution in [0.3, 0.4) is 0 Å². The monoisotopic (exact) mass is 237 g/mol. The second kappa shape index (κ2) is 5.29. The molecule has 0 bridgehead atoms. The summed E-state index contributed by atoms with van der Waals surface area (Å²) >= 11 is 0. The van der Waals surface area contributed by atoms with Crippen molar-refractivity contribution >= 4 is 17.3 Å². The van der Waals surface area contributed by atoms with Gasteiger partial charge in [-0.3, -0.25) is 14.9 Å². The van der Waals surface area contributed by atoms with Gasteiger partial charge in [-0.15, -0.1) is 0 Å². The molecule has 0 aromatic heterocycles. The zero-order valence-electron chi connectivity index (χ0n) is 9.98. The first-order valence-electron chi connectivity index (χ1n) is 5.19. The molecule has 1 unspecified atom stereocenters. The Kier molecular flexibility index (Phi) is 4.03. The third-order valence-electron chi connectivity index (χ3n) is 2.51. The highest BCUT2D eigenvalue weighted by Gasteiger charge is 2.16. The number of rotatable bonds is 4. The van der Waals surface area contributed by atoms with Gasteiger partial charge in [-0.2, -0.15) is 0 Å². The highest BCUT2D eigenvalue weighted by Crippen LogP contribution is 2.25. The van der Waals surface area contributed by atoms with Crippen molar-refractivity contribution in [2.24, 2.45) is 0 Å². The quantitative estimate of drug-likeness (QED) is 0.613. The van der Waals surface area contributed by atoms with Crippen LogP contribution in [0.2, 0.25) is 0 Å². The van der Waals surface area contributed by atoms with Crippen molar-refractivity contribution in [1.82, 2.24) is 5.32 Å². The summed E-state index contributed by atoms with van der Waals surface area (Å²) in [5.41, 5.74) is 1.16. The Bertz CT molecular complexity index is 446. The first-order valence-corrected chi connectivity index (χ1v) is 5.19. The van der Waals surface area contributed by atoms with Crippen LogP contribution in [0.5, 0.6) is 0 Å². The van der Waals surface area contributed by atoms with Crippen molar-refractivity contribution in [2.45, 2.75) is 19.9 Å². The fourth-order valence-corrected chi connectivity index (χ4v) is 1.49. The maximum absolute atomic E-state index is 11.3. The lowest BCUT2D eigenvalue weighted by molar-refractivity contribution is -0.385. The first-order chi connectivity index (χ1) is 7.97. The summed E-state index contributed by atoms with van der Waals surface area (Å²) < 4.78 is 0. The molecule has 1 rings (SSSR count). The molecule has 0 fully saturated rings. The number of nitrogens with one attached hydrogen (secondary N) is 2. The van der Waals surface area contributed by atoms with Crippen LogP contribution in [0.1, 0.15) is 12.5 Å². The third kappa shape index (κ3) is 2.93. The van der Waals surface area contributed by atoms with Crippen LogP contribution < -0.4 is 10.6 Å². The normalized spacial score (nSPS) is 11.7. The third-order valence-corrected chi connectivity index (χ3v) is 2.51. The number of nitro groups is 1. The predicted octanol–water partition coefficient (Wildman–Crippen LogP) is 1.45. The lowest BCUT2D eigenvalue weighted by Crippen LogP contribution is -2.35. The molecule has 1 amide bonds. The molecular formula is C11H15N3O3. The van der Waals surface area contributed by atoms with Crippen LogP contribution in [-0.4, -0.2) is 23.9 Å². The smallest absolute Gasteiger partial charge is 0.274 e. The second-order valence-corrected chi connectivity index (χ2v) is 3.69. The van der Waals surface area contributed by atoms with E-state index in [-0.39, 0.29) is 11.6 Å². The molecule has 0 heterocycles. The van der Waals surface area contributed by atoms with E-state index in [1.807, 2.05) is 0 Å². The molecule has 0 spiro atoms. The SMILES string of the molecule is CNC(=O)C(C)Nc1cccc([N+](=O)[O-])c1C. The van der Waals surface area contributed by atoms with Gasteiger partial charge in [0.2, 0.25) is 5.91 Å². The number of likely N-dealkylation sites (N-methyl/N-ethyl adjacent to an activating group) is 1. The van der Waals surface area contributed by atoms with Crippen LogP contribution in [0.4, 0.5) is 11.4 Å². The lowest BCUT2D eigenvalue weighted by atomic mass is 10.1. The fourth-order valence-electron chi connectivity index (χ4n) is 1.49. The molecule has 6 nitrogen and oxygen atoms in total. The minimum absolute atomic E-state index is 0.0408. The predicted molar refractivity (Wildman–Crippen MR) is 65.0 cm³/mol. The molecule has 0 saturated carbocycles. The molecule has 0 aliphatic heterocycles. The second-order valence-electron chi connectivity index (χ2n) is 3.69. The average Bonchev–Trinajstić information content (AvgIpc) is 2.30. The topological polar surface area (TPSA) is 84.3 Å². The molecule has 17 heavy (non-hydrogen) atoms. The van der Waals surface area contributed by atoms with Gasteiger partial charge in [0.25, 0.3) is 5.69 Å². The maximum atomic E-state index is 11.3. The van der Waals surface area contributed by atoms with E-state index in [1.54, 1.807) is 33.0 Å². The molecular weight excluding hydrogens is 222 g/mol. The van der Waals surface area contributed by atoms with Gasteiger partial charge in [0.15, 0.2) is 0 Å². The summed E-state index contributed by atoms with van der Waals surface area (Å²) in [7, 11) is 1.54. The highest BCUT2D eigenvalue weighted by atomic mass is 16.6. The molecule has 1 atom stereocenters. The van der Waals surface area contributed by atoms with Gasteiger partial charge in [0.1, 0.15) is 6.04 Å². The summed E-state index contributed by atoms with van der Waals surface area (Å²) in [5, 5.41) is 16.2. The van der Waals surface area contributed by atoms with Crippen molar-refractivity contribution in [3.63, 3.8) is 0 Å². The van der Waals surface area contributed by atoms with Crippen molar-refractivity contribution in [2.75, 3.05) is 12.4 Å². The largest absolute Gasteiger partial charge is 0.373 e. The van der Waals surface area contributed by atoms with Crippen LogP contribution in [0.25, 0.3) is 0 Å². The van der Waals surface area contributed by atoms with Crippen molar-refractivity contribution in [1.29, 1.82) is 0 Å². The average molecular weight is 237 g/mol. The number of nitrogens with zero attached hydrogens (tertiary/aromatic N) is 1. The van der Waals surface area contributed by atoms with Crippen molar-refractivity contribution in [3.05, 3.63) is 33.9 Å². The van der Waals surface area contributed by atoms with E-state index in [0.717, 1.165) is 0 Å². The van der Waals surface area contributed by atoms with Crippen LogP contribution in [0, 0.1) is 17.0 Å². The number of hydrogen-bond donors (Lipinski definition) is 2. The van der Waals surface area contributed by atoms with Gasteiger partial charge in [-0.25, -0.2) is 0 Å². The number of amides is 1. The summed E-state index contributed by atoms with van der Waals surface area (Å²) in [6.45, 7) is 3.34. The lowest BCUT2D eigenvalue weighted by Gasteiger charge is -2.15. The van der Waals surface area contributed by atoms with Crippen LogP contribution in [0.15, 0.2) is 18.2 Å². The highest BCUT2D eigenvalue weighted by molar-refractivity contribution is 5.84. The summed E-state index contributed by atoms with van der Waals surface area (Å²) in [4.78, 5) is 21.6. The minimum Gasteiger partial charge on any atom is -0.373 e. The minimum atomic E-state index is -0.444. The Labute approximate surface area is 99.2 Å². The molecule has 0 aliphatic carbocycles.